The second kappa shape index (κ2) is 10.7. The second-order valence-electron chi connectivity index (χ2n) is 7.34. The third-order valence-electron chi connectivity index (χ3n) is 4.91. The van der Waals surface area contributed by atoms with E-state index in [1.54, 1.807) is 11.1 Å². The van der Waals surface area contributed by atoms with E-state index in [2.05, 4.69) is 36.0 Å². The smallest absolute Gasteiger partial charge is 0.240 e. The summed E-state index contributed by atoms with van der Waals surface area (Å²) in [5, 5.41) is 14.5. The second-order valence-corrected chi connectivity index (χ2v) is 8.40. The molecule has 2 amide bonds. The Balaban J connectivity index is 1.23. The Morgan fingerprint density at radius 3 is 2.97 bits per heavy atom. The highest BCUT2D eigenvalue weighted by molar-refractivity contribution is 7.99. The number of aromatic nitrogens is 4. The first-order valence-corrected chi connectivity index (χ1v) is 11.5. The molecule has 4 rings (SSSR count). The lowest BCUT2D eigenvalue weighted by molar-refractivity contribution is -0.117. The highest BCUT2D eigenvalue weighted by Gasteiger charge is 2.21. The Morgan fingerprint density at radius 2 is 2.18 bits per heavy atom. The molecule has 0 atom stereocenters. The van der Waals surface area contributed by atoms with Crippen molar-refractivity contribution in [1.82, 2.24) is 20.2 Å². The summed E-state index contributed by atoms with van der Waals surface area (Å²) >= 11 is 1.37. The van der Waals surface area contributed by atoms with Crippen molar-refractivity contribution in [1.29, 1.82) is 0 Å². The van der Waals surface area contributed by atoms with E-state index in [9.17, 15) is 9.59 Å². The van der Waals surface area contributed by atoms with E-state index in [-0.39, 0.29) is 11.8 Å². The van der Waals surface area contributed by atoms with Gasteiger partial charge in [0.15, 0.2) is 0 Å². The van der Waals surface area contributed by atoms with Gasteiger partial charge in [0.05, 0.1) is 11.4 Å². The number of nitrogens with zero attached hydrogens (tertiary/aromatic N) is 5. The molecule has 11 heteroatoms. The molecule has 170 valence electrons. The van der Waals surface area contributed by atoms with Gasteiger partial charge in [-0.25, -0.2) is 10.5 Å². The number of H-pyrrole nitrogens is 1. The van der Waals surface area contributed by atoms with Crippen LogP contribution in [-0.2, 0) is 9.59 Å². The van der Waals surface area contributed by atoms with Gasteiger partial charge in [-0.15, -0.1) is 5.10 Å². The zero-order valence-electron chi connectivity index (χ0n) is 18.1. The van der Waals surface area contributed by atoms with E-state index in [0.29, 0.717) is 41.9 Å². The van der Waals surface area contributed by atoms with Crippen molar-refractivity contribution in [3.8, 4) is 0 Å². The number of pyridine rings is 1. The fourth-order valence-corrected chi connectivity index (χ4v) is 4.00. The van der Waals surface area contributed by atoms with Crippen LogP contribution in [0.3, 0.4) is 0 Å². The number of nitrogens with one attached hydrogen (secondary N) is 3. The molecule has 1 aliphatic rings. The SMILES string of the molecule is C/C(=N\Nc1nc(SCCC(=O)Nc2cccc(N3CCCC3=O)c2)n[nH]1)c1ccccn1. The van der Waals surface area contributed by atoms with Gasteiger partial charge in [-0.05, 0) is 43.7 Å². The molecule has 10 nitrogen and oxygen atoms in total. The van der Waals surface area contributed by atoms with Crippen molar-refractivity contribution < 1.29 is 9.59 Å². The van der Waals surface area contributed by atoms with Crippen molar-refractivity contribution in [3.05, 3.63) is 54.4 Å². The van der Waals surface area contributed by atoms with E-state index in [0.717, 1.165) is 23.5 Å². The third kappa shape index (κ3) is 6.16. The summed E-state index contributed by atoms with van der Waals surface area (Å²) in [4.78, 5) is 34.6. The molecule has 0 radical (unpaired) electrons. The lowest BCUT2D eigenvalue weighted by Crippen LogP contribution is -2.23. The number of thioether (sulfide) groups is 1. The molecule has 0 unspecified atom stereocenters. The summed E-state index contributed by atoms with van der Waals surface area (Å²) in [6.07, 6.45) is 3.44. The largest absolute Gasteiger partial charge is 0.326 e. The Morgan fingerprint density at radius 1 is 1.27 bits per heavy atom. The maximum atomic E-state index is 12.3. The number of aromatic amines is 1. The quantitative estimate of drug-likeness (QED) is 0.252. The van der Waals surface area contributed by atoms with Gasteiger partial charge in [0.25, 0.3) is 0 Å². The number of amides is 2. The van der Waals surface area contributed by atoms with Gasteiger partial charge >= 0.3 is 0 Å². The highest BCUT2D eigenvalue weighted by Crippen LogP contribution is 2.24. The molecule has 0 aliphatic carbocycles. The van der Waals surface area contributed by atoms with Gasteiger partial charge in [-0.3, -0.25) is 14.6 Å². The van der Waals surface area contributed by atoms with E-state index in [1.807, 2.05) is 49.4 Å². The Kier molecular flexibility index (Phi) is 7.30. The van der Waals surface area contributed by atoms with Gasteiger partial charge in [-0.1, -0.05) is 23.9 Å². The topological polar surface area (TPSA) is 128 Å². The Bertz CT molecular complexity index is 1150. The van der Waals surface area contributed by atoms with Crippen LogP contribution in [0.25, 0.3) is 0 Å². The molecule has 33 heavy (non-hydrogen) atoms. The molecular formula is C22H24N8O2S. The molecule has 1 fully saturated rings. The number of anilines is 3. The van der Waals surface area contributed by atoms with Crippen molar-refractivity contribution >= 4 is 46.6 Å². The van der Waals surface area contributed by atoms with E-state index < -0.39 is 0 Å². The van der Waals surface area contributed by atoms with Crippen molar-refractivity contribution in [2.75, 3.05) is 27.9 Å². The van der Waals surface area contributed by atoms with Crippen LogP contribution in [-0.4, -0.2) is 50.0 Å². The van der Waals surface area contributed by atoms with Gasteiger partial charge in [0, 0.05) is 42.7 Å². The molecule has 3 aromatic rings. The number of rotatable bonds is 9. The summed E-state index contributed by atoms with van der Waals surface area (Å²) < 4.78 is 0. The zero-order valence-corrected chi connectivity index (χ0v) is 18.9. The Labute approximate surface area is 195 Å². The first-order valence-electron chi connectivity index (χ1n) is 10.6. The summed E-state index contributed by atoms with van der Waals surface area (Å²) in [6, 6.07) is 13.0. The number of hydrazone groups is 1. The normalized spacial score (nSPS) is 13.9. The summed E-state index contributed by atoms with van der Waals surface area (Å²) in [5.74, 6) is 0.930. The molecule has 1 saturated heterocycles. The van der Waals surface area contributed by atoms with Crippen LogP contribution in [0, 0.1) is 0 Å². The molecule has 3 N–H and O–H groups in total. The fourth-order valence-electron chi connectivity index (χ4n) is 3.26. The van der Waals surface area contributed by atoms with Crippen LogP contribution in [0.1, 0.15) is 31.9 Å². The molecule has 1 aromatic carbocycles. The molecule has 0 bridgehead atoms. The van der Waals surface area contributed by atoms with Crippen LogP contribution < -0.4 is 15.6 Å². The van der Waals surface area contributed by atoms with Crippen molar-refractivity contribution in [3.63, 3.8) is 0 Å². The van der Waals surface area contributed by atoms with Gasteiger partial charge in [0.2, 0.25) is 22.9 Å². The van der Waals surface area contributed by atoms with E-state index in [4.69, 9.17) is 0 Å². The van der Waals surface area contributed by atoms with Crippen LogP contribution in [0.15, 0.2) is 58.9 Å². The third-order valence-corrected chi connectivity index (χ3v) is 5.75. The summed E-state index contributed by atoms with van der Waals surface area (Å²) in [6.45, 7) is 2.56. The van der Waals surface area contributed by atoms with Gasteiger partial charge in [-0.2, -0.15) is 10.1 Å². The maximum absolute atomic E-state index is 12.3. The fraction of sp³-hybridized carbons (Fsp3) is 0.273. The van der Waals surface area contributed by atoms with Crippen molar-refractivity contribution in [2.24, 2.45) is 5.10 Å². The molecular weight excluding hydrogens is 440 g/mol. The van der Waals surface area contributed by atoms with Crippen LogP contribution in [0.5, 0.6) is 0 Å². The average molecular weight is 465 g/mol. The minimum Gasteiger partial charge on any atom is -0.326 e. The van der Waals surface area contributed by atoms with Crippen LogP contribution in [0.4, 0.5) is 17.3 Å². The maximum Gasteiger partial charge on any atom is 0.240 e. The van der Waals surface area contributed by atoms with E-state index in [1.165, 1.54) is 11.8 Å². The van der Waals surface area contributed by atoms with Crippen LogP contribution >= 0.6 is 11.8 Å². The first-order chi connectivity index (χ1) is 16.1. The molecule has 1 aliphatic heterocycles. The minimum atomic E-state index is -0.114. The molecule has 2 aromatic heterocycles. The lowest BCUT2D eigenvalue weighted by atomic mass is 10.2. The molecule has 0 spiro atoms. The van der Waals surface area contributed by atoms with Crippen molar-refractivity contribution in [2.45, 2.75) is 31.3 Å². The number of benzene rings is 1. The summed E-state index contributed by atoms with van der Waals surface area (Å²) in [7, 11) is 0. The molecule has 3 heterocycles. The standard InChI is InChI=1S/C22H24N8O2S/c1-15(18-8-2-3-11-23-18)26-27-21-25-22(29-28-21)33-13-10-19(31)24-16-6-4-7-17(14-16)30-12-5-9-20(30)32/h2-4,6-8,11,14H,5,9-10,12-13H2,1H3,(H,24,31)(H2,25,27,28,29)/b26-15+. The predicted molar refractivity (Wildman–Crippen MR) is 128 cm³/mol. The highest BCUT2D eigenvalue weighted by atomic mass is 32.2. The monoisotopic (exact) mass is 464 g/mol. The number of carbonyl (C=O) groups excluding carboxylic acids is 2. The summed E-state index contributed by atoms with van der Waals surface area (Å²) in [5.41, 5.74) is 5.80. The van der Waals surface area contributed by atoms with Gasteiger partial charge < -0.3 is 10.2 Å². The predicted octanol–water partition coefficient (Wildman–Crippen LogP) is 3.28. The molecule has 0 saturated carbocycles. The first kappa shape index (κ1) is 22.5. The minimum absolute atomic E-state index is 0.114. The van der Waals surface area contributed by atoms with Gasteiger partial charge in [0.1, 0.15) is 0 Å². The number of hydrogen-bond donors (Lipinski definition) is 3. The Hall–Kier alpha value is -3.73. The lowest BCUT2D eigenvalue weighted by Gasteiger charge is -2.16. The zero-order chi connectivity index (χ0) is 23.0. The number of carbonyl (C=O) groups is 2. The van der Waals surface area contributed by atoms with Crippen LogP contribution in [0.2, 0.25) is 0 Å². The van der Waals surface area contributed by atoms with E-state index >= 15 is 0 Å². The number of hydrogen-bond acceptors (Lipinski definition) is 8. The average Bonchev–Trinajstić information content (AvgIpc) is 3.47.